The fourth-order valence-electron chi connectivity index (χ4n) is 3.25. The first-order valence-corrected chi connectivity index (χ1v) is 11.3. The van der Waals surface area contributed by atoms with Crippen LogP contribution in [-0.4, -0.2) is 24.1 Å². The summed E-state index contributed by atoms with van der Waals surface area (Å²) in [5, 5.41) is 10.6. The summed E-state index contributed by atoms with van der Waals surface area (Å²) in [6.45, 7) is 0.465. The lowest BCUT2D eigenvalue weighted by atomic mass is 10.2. The summed E-state index contributed by atoms with van der Waals surface area (Å²) in [6.07, 6.45) is 3.19. The van der Waals surface area contributed by atoms with E-state index in [1.165, 1.54) is 22.2 Å². The maximum absolute atomic E-state index is 12.5. The molecule has 4 heterocycles. The summed E-state index contributed by atoms with van der Waals surface area (Å²) in [7, 11) is 0. The highest BCUT2D eigenvalue weighted by Crippen LogP contribution is 2.28. The fraction of sp³-hybridized carbons (Fsp3) is 0.0909. The van der Waals surface area contributed by atoms with Gasteiger partial charge in [-0.15, -0.1) is 10.2 Å². The SMILES string of the molecule is O=c1cc(CSc2nnc(-c3ccc(Cl)cc3)n2Cc2ccco2)nc2ccc(Cl)cn12. The first kappa shape index (κ1) is 20.8. The topological polar surface area (TPSA) is 78.2 Å². The van der Waals surface area contributed by atoms with E-state index in [2.05, 4.69) is 15.2 Å². The van der Waals surface area contributed by atoms with Gasteiger partial charge in [-0.05, 0) is 48.5 Å². The van der Waals surface area contributed by atoms with Gasteiger partial charge in [0.25, 0.3) is 5.56 Å². The molecule has 0 radical (unpaired) electrons. The number of fused-ring (bicyclic) bond motifs is 1. The normalized spacial score (nSPS) is 11.3. The molecule has 0 saturated heterocycles. The Morgan fingerprint density at radius 1 is 1.00 bits per heavy atom. The zero-order valence-electron chi connectivity index (χ0n) is 16.5. The van der Waals surface area contributed by atoms with Crippen molar-refractivity contribution in [2.45, 2.75) is 17.5 Å². The molecule has 160 valence electrons. The maximum Gasteiger partial charge on any atom is 0.258 e. The minimum absolute atomic E-state index is 0.188. The van der Waals surface area contributed by atoms with Crippen LogP contribution in [0.4, 0.5) is 0 Å². The summed E-state index contributed by atoms with van der Waals surface area (Å²) >= 11 is 13.5. The van der Waals surface area contributed by atoms with E-state index in [0.717, 1.165) is 11.3 Å². The first-order valence-electron chi connectivity index (χ1n) is 9.59. The minimum Gasteiger partial charge on any atom is -0.467 e. The summed E-state index contributed by atoms with van der Waals surface area (Å²) in [6, 6.07) is 16.1. The molecule has 5 rings (SSSR count). The molecule has 0 saturated carbocycles. The molecule has 7 nitrogen and oxygen atoms in total. The van der Waals surface area contributed by atoms with Crippen LogP contribution in [0.15, 0.2) is 81.4 Å². The fourth-order valence-corrected chi connectivity index (χ4v) is 4.36. The third kappa shape index (κ3) is 4.29. The molecule has 0 fully saturated rings. The largest absolute Gasteiger partial charge is 0.467 e. The number of hydrogen-bond donors (Lipinski definition) is 0. The molecule has 0 bridgehead atoms. The standard InChI is InChI=1S/C22H15Cl2N5O2S/c23-15-5-3-14(4-6-15)21-26-27-22(29(21)12-18-2-1-9-31-18)32-13-17-10-20(30)28-11-16(24)7-8-19(28)25-17/h1-11H,12-13H2. The number of furan rings is 1. The minimum atomic E-state index is -0.188. The third-order valence-corrected chi connectivity index (χ3v) is 6.21. The molecule has 10 heteroatoms. The van der Waals surface area contributed by atoms with Crippen LogP contribution < -0.4 is 5.56 Å². The zero-order valence-corrected chi connectivity index (χ0v) is 18.8. The van der Waals surface area contributed by atoms with Crippen LogP contribution in [0.2, 0.25) is 10.0 Å². The number of nitrogens with zero attached hydrogens (tertiary/aromatic N) is 5. The van der Waals surface area contributed by atoms with Crippen molar-refractivity contribution in [2.75, 3.05) is 0 Å². The van der Waals surface area contributed by atoms with Gasteiger partial charge in [0.05, 0.1) is 23.5 Å². The van der Waals surface area contributed by atoms with Crippen LogP contribution in [0.25, 0.3) is 17.0 Å². The van der Waals surface area contributed by atoms with Crippen LogP contribution in [0.5, 0.6) is 0 Å². The second-order valence-corrected chi connectivity index (χ2v) is 8.74. The number of pyridine rings is 1. The molecule has 0 atom stereocenters. The van der Waals surface area contributed by atoms with Gasteiger partial charge < -0.3 is 4.42 Å². The van der Waals surface area contributed by atoms with Crippen LogP contribution in [-0.2, 0) is 12.3 Å². The van der Waals surface area contributed by atoms with Crippen molar-refractivity contribution in [1.82, 2.24) is 24.1 Å². The Labute approximate surface area is 196 Å². The smallest absolute Gasteiger partial charge is 0.258 e. The van der Waals surface area contributed by atoms with Gasteiger partial charge in [0.1, 0.15) is 11.4 Å². The Balaban J connectivity index is 1.47. The van der Waals surface area contributed by atoms with Crippen molar-refractivity contribution in [2.24, 2.45) is 0 Å². The van der Waals surface area contributed by atoms with Gasteiger partial charge in [0.15, 0.2) is 11.0 Å². The van der Waals surface area contributed by atoms with Crippen LogP contribution in [0.3, 0.4) is 0 Å². The second-order valence-electron chi connectivity index (χ2n) is 6.93. The lowest BCUT2D eigenvalue weighted by Crippen LogP contribution is -2.15. The van der Waals surface area contributed by atoms with Gasteiger partial charge >= 0.3 is 0 Å². The van der Waals surface area contributed by atoms with E-state index in [0.29, 0.717) is 44.7 Å². The molecule has 0 amide bonds. The average Bonchev–Trinajstić information content (AvgIpc) is 3.44. The average molecular weight is 484 g/mol. The molecule has 0 aliphatic heterocycles. The van der Waals surface area contributed by atoms with Crippen LogP contribution in [0, 0.1) is 0 Å². The van der Waals surface area contributed by atoms with Gasteiger partial charge in [-0.25, -0.2) is 4.98 Å². The number of aromatic nitrogens is 5. The Morgan fingerprint density at radius 2 is 1.81 bits per heavy atom. The molecule has 1 aromatic carbocycles. The van der Waals surface area contributed by atoms with Crippen molar-refractivity contribution < 1.29 is 4.42 Å². The Morgan fingerprint density at radius 3 is 2.59 bits per heavy atom. The van der Waals surface area contributed by atoms with E-state index in [1.807, 2.05) is 41.0 Å². The number of halogens is 2. The number of hydrogen-bond acceptors (Lipinski definition) is 6. The van der Waals surface area contributed by atoms with Gasteiger partial charge in [0, 0.05) is 28.6 Å². The summed E-state index contributed by atoms with van der Waals surface area (Å²) in [4.78, 5) is 17.0. The predicted molar refractivity (Wildman–Crippen MR) is 124 cm³/mol. The lowest BCUT2D eigenvalue weighted by Gasteiger charge is -2.09. The summed E-state index contributed by atoms with van der Waals surface area (Å²) in [5.41, 5.74) is 1.88. The van der Waals surface area contributed by atoms with Crippen molar-refractivity contribution in [3.8, 4) is 11.4 Å². The third-order valence-electron chi connectivity index (χ3n) is 4.74. The Kier molecular flexibility index (Phi) is 5.73. The highest BCUT2D eigenvalue weighted by atomic mass is 35.5. The molecule has 4 aromatic heterocycles. The van der Waals surface area contributed by atoms with Crippen LogP contribution >= 0.6 is 35.0 Å². The summed E-state index contributed by atoms with van der Waals surface area (Å²) in [5.74, 6) is 1.92. The van der Waals surface area contributed by atoms with Crippen molar-refractivity contribution >= 4 is 40.6 Å². The van der Waals surface area contributed by atoms with Crippen molar-refractivity contribution in [3.63, 3.8) is 0 Å². The monoisotopic (exact) mass is 483 g/mol. The molecule has 5 aromatic rings. The van der Waals surface area contributed by atoms with Gasteiger partial charge in [-0.1, -0.05) is 35.0 Å². The molecule has 32 heavy (non-hydrogen) atoms. The Bertz CT molecular complexity index is 1450. The molecule has 0 N–H and O–H groups in total. The van der Waals surface area contributed by atoms with E-state index in [4.69, 9.17) is 27.6 Å². The van der Waals surface area contributed by atoms with Gasteiger partial charge in [-0.2, -0.15) is 0 Å². The Hall–Kier alpha value is -3.07. The van der Waals surface area contributed by atoms with E-state index in [-0.39, 0.29) is 5.56 Å². The number of thioether (sulfide) groups is 1. The quantitative estimate of drug-likeness (QED) is 0.309. The molecule has 0 aliphatic carbocycles. The number of benzene rings is 1. The van der Waals surface area contributed by atoms with Crippen LogP contribution in [0.1, 0.15) is 11.5 Å². The second kappa shape index (κ2) is 8.82. The highest BCUT2D eigenvalue weighted by Gasteiger charge is 2.16. The summed E-state index contributed by atoms with van der Waals surface area (Å²) < 4.78 is 8.93. The van der Waals surface area contributed by atoms with Gasteiger partial charge in [0.2, 0.25) is 0 Å². The maximum atomic E-state index is 12.5. The molecule has 0 aliphatic rings. The van der Waals surface area contributed by atoms with E-state index < -0.39 is 0 Å². The van der Waals surface area contributed by atoms with Crippen molar-refractivity contribution in [3.05, 3.63) is 98.9 Å². The number of rotatable bonds is 6. The van der Waals surface area contributed by atoms with E-state index in [1.54, 1.807) is 24.6 Å². The molecular weight excluding hydrogens is 469 g/mol. The van der Waals surface area contributed by atoms with E-state index >= 15 is 0 Å². The molecular formula is C22H15Cl2N5O2S. The highest BCUT2D eigenvalue weighted by molar-refractivity contribution is 7.98. The first-order chi connectivity index (χ1) is 15.6. The predicted octanol–water partition coefficient (Wildman–Crippen LogP) is 5.19. The van der Waals surface area contributed by atoms with Gasteiger partial charge in [-0.3, -0.25) is 13.8 Å². The molecule has 0 unspecified atom stereocenters. The zero-order chi connectivity index (χ0) is 22.1. The van der Waals surface area contributed by atoms with E-state index in [9.17, 15) is 4.79 Å². The molecule has 0 spiro atoms. The lowest BCUT2D eigenvalue weighted by molar-refractivity contribution is 0.485. The van der Waals surface area contributed by atoms with Crippen molar-refractivity contribution in [1.29, 1.82) is 0 Å².